The molecule has 5 nitrogen and oxygen atoms in total. The first-order valence-electron chi connectivity index (χ1n) is 8.77. The first kappa shape index (κ1) is 16.5. The number of methoxy groups -OCH3 is 1. The van der Waals surface area contributed by atoms with E-state index in [1.165, 1.54) is 0 Å². The fourth-order valence-corrected chi connectivity index (χ4v) is 3.71. The van der Waals surface area contributed by atoms with Gasteiger partial charge >= 0.3 is 0 Å². The molecule has 4 rings (SSSR count). The average Bonchev–Trinajstić information content (AvgIpc) is 3.01. The molecule has 2 heterocycles. The molecule has 2 aromatic rings. The number of ether oxygens (including phenoxy) is 2. The van der Waals surface area contributed by atoms with E-state index in [9.17, 15) is 4.79 Å². The number of rotatable bonds is 4. The van der Waals surface area contributed by atoms with Crippen LogP contribution in [0.2, 0.25) is 0 Å². The van der Waals surface area contributed by atoms with Crippen molar-refractivity contribution in [2.24, 2.45) is 0 Å². The molecule has 0 saturated heterocycles. The van der Waals surface area contributed by atoms with Gasteiger partial charge in [0.1, 0.15) is 23.8 Å². The van der Waals surface area contributed by atoms with E-state index in [-0.39, 0.29) is 18.2 Å². The van der Waals surface area contributed by atoms with Gasteiger partial charge in [-0.1, -0.05) is 18.2 Å². The zero-order valence-electron chi connectivity index (χ0n) is 15.0. The summed E-state index contributed by atoms with van der Waals surface area (Å²) in [6.45, 7) is 6.29. The van der Waals surface area contributed by atoms with Crippen molar-refractivity contribution in [3.8, 4) is 11.5 Å². The number of para-hydroxylation sites is 1. The van der Waals surface area contributed by atoms with Crippen molar-refractivity contribution >= 4 is 11.6 Å². The van der Waals surface area contributed by atoms with E-state index in [4.69, 9.17) is 9.47 Å². The minimum atomic E-state index is -0.352. The summed E-state index contributed by atoms with van der Waals surface area (Å²) in [5.74, 6) is 1.58. The lowest BCUT2D eigenvalue weighted by atomic mass is 10.00. The fraction of sp³-hybridized carbons (Fsp3) is 0.286. The smallest absolute Gasteiger partial charge is 0.258 e. The molecule has 0 aromatic heterocycles. The summed E-state index contributed by atoms with van der Waals surface area (Å²) in [4.78, 5) is 14.8. The summed E-state index contributed by atoms with van der Waals surface area (Å²) in [7, 11) is 1.65. The minimum Gasteiger partial charge on any atom is -0.496 e. The van der Waals surface area contributed by atoms with Crippen LogP contribution in [-0.2, 0) is 6.42 Å². The quantitative estimate of drug-likeness (QED) is 0.853. The number of carbonyl (C=O) groups excluding carboxylic acids is 1. The van der Waals surface area contributed by atoms with Crippen LogP contribution in [-0.4, -0.2) is 30.6 Å². The number of nitrogens with zero attached hydrogens (tertiary/aromatic N) is 1. The van der Waals surface area contributed by atoms with Gasteiger partial charge in [-0.2, -0.15) is 0 Å². The normalized spacial score (nSPS) is 20.7. The molecule has 0 bridgehead atoms. The van der Waals surface area contributed by atoms with Crippen molar-refractivity contribution in [2.75, 3.05) is 19.0 Å². The second-order valence-electron chi connectivity index (χ2n) is 6.67. The first-order chi connectivity index (χ1) is 12.6. The SMILES string of the molecule is C=CCN1C(=O)c2ccccc2N[C@H]1c1cc2c(cc1OC)C[C@@H](C)O2. The van der Waals surface area contributed by atoms with Gasteiger partial charge in [0.05, 0.1) is 12.7 Å². The van der Waals surface area contributed by atoms with Crippen LogP contribution >= 0.6 is 0 Å². The number of hydrogen-bond acceptors (Lipinski definition) is 4. The van der Waals surface area contributed by atoms with Gasteiger partial charge in [-0.15, -0.1) is 6.58 Å². The standard InChI is InChI=1S/C21H22N2O3/c1-4-9-23-20(22-17-8-6-5-7-15(17)21(23)24)16-12-18-14(10-13(2)26-18)11-19(16)25-3/h4-8,11-13,20,22H,1,9-10H2,2-3H3/t13-,20-/m1/s1. The van der Waals surface area contributed by atoms with Crippen LogP contribution in [0.4, 0.5) is 5.69 Å². The number of amides is 1. The highest BCUT2D eigenvalue weighted by Crippen LogP contribution is 2.41. The molecule has 2 aromatic carbocycles. The lowest BCUT2D eigenvalue weighted by Gasteiger charge is -2.38. The molecule has 134 valence electrons. The number of carbonyl (C=O) groups is 1. The Hall–Kier alpha value is -2.95. The Bertz CT molecular complexity index is 878. The summed E-state index contributed by atoms with van der Waals surface area (Å²) in [6, 6.07) is 11.6. The van der Waals surface area contributed by atoms with Gasteiger partial charge in [-0.05, 0) is 31.2 Å². The maximum Gasteiger partial charge on any atom is 0.258 e. The van der Waals surface area contributed by atoms with Gasteiger partial charge in [0.15, 0.2) is 0 Å². The third-order valence-corrected chi connectivity index (χ3v) is 4.89. The Morgan fingerprint density at radius 3 is 2.96 bits per heavy atom. The average molecular weight is 350 g/mol. The van der Waals surface area contributed by atoms with Crippen molar-refractivity contribution in [3.05, 3.63) is 65.7 Å². The van der Waals surface area contributed by atoms with Crippen molar-refractivity contribution in [2.45, 2.75) is 25.6 Å². The summed E-state index contributed by atoms with van der Waals surface area (Å²) >= 11 is 0. The lowest BCUT2D eigenvalue weighted by molar-refractivity contribution is 0.0705. The summed E-state index contributed by atoms with van der Waals surface area (Å²) < 4.78 is 11.6. The molecule has 2 aliphatic heterocycles. The van der Waals surface area contributed by atoms with Crippen LogP contribution in [0.3, 0.4) is 0 Å². The summed E-state index contributed by atoms with van der Waals surface area (Å²) in [6.07, 6.45) is 2.40. The molecule has 0 radical (unpaired) electrons. The van der Waals surface area contributed by atoms with Gasteiger partial charge in [0.25, 0.3) is 5.91 Å². The van der Waals surface area contributed by atoms with E-state index in [1.807, 2.05) is 36.4 Å². The Kier molecular flexibility index (Phi) is 4.07. The highest BCUT2D eigenvalue weighted by molar-refractivity contribution is 6.01. The monoisotopic (exact) mass is 350 g/mol. The largest absolute Gasteiger partial charge is 0.496 e. The second-order valence-corrected chi connectivity index (χ2v) is 6.67. The molecule has 1 N–H and O–H groups in total. The molecular formula is C21H22N2O3. The number of anilines is 1. The number of fused-ring (bicyclic) bond motifs is 2. The molecule has 2 atom stereocenters. The fourth-order valence-electron chi connectivity index (χ4n) is 3.71. The van der Waals surface area contributed by atoms with Crippen LogP contribution < -0.4 is 14.8 Å². The summed E-state index contributed by atoms with van der Waals surface area (Å²) in [5.41, 5.74) is 3.50. The lowest BCUT2D eigenvalue weighted by Crippen LogP contribution is -2.43. The van der Waals surface area contributed by atoms with Crippen LogP contribution in [0.15, 0.2) is 49.1 Å². The Morgan fingerprint density at radius 2 is 2.19 bits per heavy atom. The van der Waals surface area contributed by atoms with E-state index < -0.39 is 0 Å². The molecule has 5 heteroatoms. The van der Waals surface area contributed by atoms with E-state index >= 15 is 0 Å². The van der Waals surface area contributed by atoms with E-state index in [1.54, 1.807) is 18.1 Å². The molecule has 26 heavy (non-hydrogen) atoms. The van der Waals surface area contributed by atoms with E-state index in [0.29, 0.717) is 12.1 Å². The predicted octanol–water partition coefficient (Wildman–Crippen LogP) is 3.77. The minimum absolute atomic E-state index is 0.0268. The zero-order valence-corrected chi connectivity index (χ0v) is 15.0. The maximum atomic E-state index is 13.0. The van der Waals surface area contributed by atoms with Crippen LogP contribution in [0.1, 0.15) is 34.6 Å². The van der Waals surface area contributed by atoms with Crippen molar-refractivity contribution < 1.29 is 14.3 Å². The van der Waals surface area contributed by atoms with Crippen LogP contribution in [0.5, 0.6) is 11.5 Å². The molecule has 0 unspecified atom stereocenters. The summed E-state index contributed by atoms with van der Waals surface area (Å²) in [5, 5.41) is 3.48. The molecule has 2 aliphatic rings. The van der Waals surface area contributed by atoms with Crippen molar-refractivity contribution in [1.29, 1.82) is 0 Å². The van der Waals surface area contributed by atoms with Gasteiger partial charge in [0, 0.05) is 29.8 Å². The highest BCUT2D eigenvalue weighted by atomic mass is 16.5. The molecule has 0 fully saturated rings. The second kappa shape index (κ2) is 6.41. The molecule has 0 saturated carbocycles. The van der Waals surface area contributed by atoms with Gasteiger partial charge in [0.2, 0.25) is 0 Å². The molecule has 0 spiro atoms. The number of benzene rings is 2. The molecule has 1 amide bonds. The van der Waals surface area contributed by atoms with E-state index in [0.717, 1.165) is 34.7 Å². The Labute approximate surface area is 153 Å². The third-order valence-electron chi connectivity index (χ3n) is 4.89. The Morgan fingerprint density at radius 1 is 1.38 bits per heavy atom. The zero-order chi connectivity index (χ0) is 18.3. The number of hydrogen-bond donors (Lipinski definition) is 1. The predicted molar refractivity (Wildman–Crippen MR) is 101 cm³/mol. The van der Waals surface area contributed by atoms with Crippen molar-refractivity contribution in [3.63, 3.8) is 0 Å². The Balaban J connectivity index is 1.82. The first-order valence-corrected chi connectivity index (χ1v) is 8.77. The maximum absolute atomic E-state index is 13.0. The van der Waals surface area contributed by atoms with Gasteiger partial charge < -0.3 is 19.7 Å². The van der Waals surface area contributed by atoms with Crippen LogP contribution in [0, 0.1) is 0 Å². The number of nitrogens with one attached hydrogen (secondary N) is 1. The molecular weight excluding hydrogens is 328 g/mol. The topological polar surface area (TPSA) is 50.8 Å². The molecule has 0 aliphatic carbocycles. The van der Waals surface area contributed by atoms with E-state index in [2.05, 4.69) is 18.8 Å². The van der Waals surface area contributed by atoms with Crippen molar-refractivity contribution in [1.82, 2.24) is 4.90 Å². The van der Waals surface area contributed by atoms with Gasteiger partial charge in [-0.3, -0.25) is 4.79 Å². The highest BCUT2D eigenvalue weighted by Gasteiger charge is 2.35. The van der Waals surface area contributed by atoms with Crippen LogP contribution in [0.25, 0.3) is 0 Å². The third kappa shape index (κ3) is 2.60. The van der Waals surface area contributed by atoms with Gasteiger partial charge in [-0.25, -0.2) is 0 Å².